The van der Waals surface area contributed by atoms with Crippen LogP contribution in [0.4, 0.5) is 13.2 Å². The van der Waals surface area contributed by atoms with Crippen molar-refractivity contribution < 1.29 is 87.2 Å². The molecule has 8 N–H and O–H groups in total. The van der Waals surface area contributed by atoms with E-state index in [-0.39, 0.29) is 89.3 Å². The SMILES string of the molecule is CC#N.CC(C)I.CC(C)n1cnc2c1-c1nc(CS)ncc1CC2.CC(C)n1cnc2c1C(=O)/C(=C\N(C)C)CC2.CC(C)n1cnc2c1C(=O)CCC2.CO.COC(OC)N(C)C.COC1=C(Br)C(=O)CCC1.COC1=CC(=O)CCC1.CSC(=N)N.Cl.Cl.N=CN.O=C1CCCC(=O)C1.O=C1CCCc2[nH]cnc21.[2H]CF.[2H]CF.[2H]CF.[B]=NS.[Cl][Ti]([Cl])([Cl])[Cl]. The van der Waals surface area contributed by atoms with Crippen molar-refractivity contribution in [2.24, 2.45) is 15.8 Å². The molecule has 0 spiro atoms. The first-order chi connectivity index (χ1) is 59.9. The number of nitrogens with two attached hydrogens (primary N) is 2. The number of carbonyl (C=O) groups is 7. The molecule has 0 unspecified atom stereocenters. The molecule has 46 heteroatoms. The summed E-state index contributed by atoms with van der Waals surface area (Å²) in [5.74, 6) is 4.10. The summed E-state index contributed by atoms with van der Waals surface area (Å²) in [7, 11) is 36.4. The van der Waals surface area contributed by atoms with Crippen LogP contribution in [0.5, 0.6) is 0 Å². The molecule has 30 nitrogen and oxygen atoms in total. The van der Waals surface area contributed by atoms with Gasteiger partial charge in [-0.05, 0) is 154 Å². The van der Waals surface area contributed by atoms with Gasteiger partial charge in [0, 0.05) is 146 Å². The van der Waals surface area contributed by atoms with E-state index in [4.69, 9.17) is 87.2 Å². The second-order valence-electron chi connectivity index (χ2n) is 26.9. The number of imidazole rings is 4. The van der Waals surface area contributed by atoms with Crippen LogP contribution < -0.4 is 11.5 Å². The number of nitriles is 1. The molecule has 0 amide bonds. The van der Waals surface area contributed by atoms with E-state index in [1.807, 2.05) is 65.8 Å². The fourth-order valence-electron chi connectivity index (χ4n) is 11.0. The fourth-order valence-corrected chi connectivity index (χ4v) is 11.7. The number of thioether (sulfide) groups is 1. The van der Waals surface area contributed by atoms with Gasteiger partial charge in [0.1, 0.15) is 40.2 Å². The molecule has 0 atom stereocenters. The van der Waals surface area contributed by atoms with Crippen LogP contribution in [0.1, 0.15) is 246 Å². The molecule has 5 heterocycles. The summed E-state index contributed by atoms with van der Waals surface area (Å²) in [5.41, 5.74) is 19.9. The van der Waals surface area contributed by atoms with E-state index in [1.54, 1.807) is 65.8 Å². The number of fused-ring (bicyclic) bond motifs is 6. The van der Waals surface area contributed by atoms with Crippen LogP contribution in [0.2, 0.25) is 0 Å². The minimum absolute atomic E-state index is 0. The number of allylic oxidation sites excluding steroid dienone is 5. The summed E-state index contributed by atoms with van der Waals surface area (Å²) in [4.78, 5) is 110. The van der Waals surface area contributed by atoms with Crippen LogP contribution in [-0.4, -0.2) is 225 Å². The van der Waals surface area contributed by atoms with Gasteiger partial charge in [-0.15, -0.1) is 24.8 Å². The van der Waals surface area contributed by atoms with Crippen molar-refractivity contribution in [1.29, 1.82) is 16.1 Å². The number of aliphatic hydroxyl groups excluding tert-OH is 1. The molecule has 5 aromatic rings. The van der Waals surface area contributed by atoms with Gasteiger partial charge in [0.2, 0.25) is 12.2 Å². The normalized spacial score (nSPS) is 14.2. The quantitative estimate of drug-likeness (QED) is 0.00741. The van der Waals surface area contributed by atoms with E-state index >= 15 is 0 Å². The Kier molecular flexibility index (Phi) is 85.2. The monoisotopic (exact) mass is 2170 g/mol. The predicted molar refractivity (Wildman–Crippen MR) is 525 cm³/mol. The number of ether oxygens (including phenoxy) is 4. The minimum atomic E-state index is -3.11. The van der Waals surface area contributed by atoms with Gasteiger partial charge >= 0.3 is 74.3 Å². The Morgan fingerprint density at radius 3 is 1.50 bits per heavy atom. The summed E-state index contributed by atoms with van der Waals surface area (Å²) >= 11 is 11.1. The van der Waals surface area contributed by atoms with E-state index in [9.17, 15) is 46.7 Å². The first-order valence-corrected chi connectivity index (χ1v) is 51.2. The summed E-state index contributed by atoms with van der Waals surface area (Å²) in [6.45, 7) is 18.3. The van der Waals surface area contributed by atoms with E-state index < -0.39 is 33.8 Å². The molecule has 0 saturated heterocycles. The van der Waals surface area contributed by atoms with Crippen LogP contribution in [0.3, 0.4) is 0 Å². The second kappa shape index (κ2) is 83.0. The zero-order valence-electron chi connectivity index (χ0n) is 78.5. The molecular weight excluding hydrogens is 2040 g/mol. The molecule has 1 saturated carbocycles. The molecule has 5 aromatic heterocycles. The predicted octanol–water partition coefficient (Wildman–Crippen LogP) is 18.8. The van der Waals surface area contributed by atoms with Crippen molar-refractivity contribution in [2.45, 2.75) is 225 Å². The van der Waals surface area contributed by atoms with Gasteiger partial charge in [0.05, 0.1) is 128 Å². The number of nitrogens with one attached hydrogen (secondary N) is 3. The average Bonchev–Trinajstić information content (AvgIpc) is 1.62. The molecule has 0 bridgehead atoms. The van der Waals surface area contributed by atoms with Crippen molar-refractivity contribution in [3.63, 3.8) is 0 Å². The van der Waals surface area contributed by atoms with Gasteiger partial charge in [-0.2, -0.15) is 17.9 Å². The van der Waals surface area contributed by atoms with Crippen LogP contribution in [-0.2, 0) is 88.3 Å². The van der Waals surface area contributed by atoms with Crippen molar-refractivity contribution in [2.75, 3.05) is 91.5 Å². The van der Waals surface area contributed by atoms with E-state index in [0.717, 1.165) is 169 Å². The first-order valence-electron chi connectivity index (χ1n) is 40.5. The van der Waals surface area contributed by atoms with Crippen LogP contribution in [0.15, 0.2) is 69.7 Å². The number of thiol groups is 2. The molecule has 0 aromatic carbocycles. The van der Waals surface area contributed by atoms with Gasteiger partial charge in [0.25, 0.3) is 0 Å². The van der Waals surface area contributed by atoms with E-state index in [2.05, 4.69) is 176 Å². The molecule has 7 aliphatic rings. The number of H-pyrrole nitrogens is 1. The Balaban J connectivity index is -0.000000207. The summed E-state index contributed by atoms with van der Waals surface area (Å²) in [6, 6.07) is 2.74. The van der Waals surface area contributed by atoms with Gasteiger partial charge in [-0.3, -0.25) is 62.5 Å². The van der Waals surface area contributed by atoms with E-state index in [0.29, 0.717) is 66.5 Å². The zero-order chi connectivity index (χ0) is 99.1. The van der Waals surface area contributed by atoms with Gasteiger partial charge < -0.3 is 59.1 Å². The number of amidine groups is 1. The molecule has 126 heavy (non-hydrogen) atoms. The molecule has 717 valence electrons. The van der Waals surface area contributed by atoms with E-state index in [1.165, 1.54) is 24.2 Å². The molecule has 1 fully saturated rings. The Labute approximate surface area is 818 Å². The number of Topliss-reactive ketones (excluding diaryl/α,β-unsaturated/α-hetero) is 6. The number of rotatable bonds is 10. The first kappa shape index (κ1) is 129. The molecule has 0 aliphatic heterocycles. The Morgan fingerprint density at radius 2 is 1.13 bits per heavy atom. The van der Waals surface area contributed by atoms with Crippen molar-refractivity contribution >= 4 is 197 Å². The van der Waals surface area contributed by atoms with Crippen molar-refractivity contribution in [3.8, 4) is 17.5 Å². The fraction of sp³-hybridized carbons (Fsp3) is 0.600. The number of hydrogen-bond donors (Lipinski definition) is 8. The number of alkyl halides is 4. The maximum atomic E-state index is 12.4. The second-order valence-corrected chi connectivity index (χ2v) is 47.0. The number of hydrogen-bond acceptors (Lipinski definition) is 27. The summed E-state index contributed by atoms with van der Waals surface area (Å²) < 4.78 is 76.4. The molecule has 7 aliphatic carbocycles. The number of aromatic amines is 1. The van der Waals surface area contributed by atoms with Crippen LogP contribution in [0.25, 0.3) is 11.4 Å². The van der Waals surface area contributed by atoms with Gasteiger partial charge in [-0.25, -0.2) is 29.9 Å². The number of aliphatic hydroxyl groups is 1. The zero-order valence-corrected chi connectivity index (χ0v) is 88.0. The Hall–Kier alpha value is -5.13. The van der Waals surface area contributed by atoms with Gasteiger partial charge in [-0.1, -0.05) is 48.2 Å². The third kappa shape index (κ3) is 60.8. The number of ketones is 7. The summed E-state index contributed by atoms with van der Waals surface area (Å²) in [6.07, 6.45) is 30.8. The maximum absolute atomic E-state index is 12.4. The summed E-state index contributed by atoms with van der Waals surface area (Å²) in [5, 5.41) is 26.8. The number of methoxy groups -OCH3 is 4. The third-order valence-electron chi connectivity index (χ3n) is 16.0. The van der Waals surface area contributed by atoms with Crippen LogP contribution in [0, 0.1) is 22.1 Å². The topological polar surface area (TPSA) is 427 Å². The number of halogens is 11. The van der Waals surface area contributed by atoms with Crippen LogP contribution >= 0.6 is 138 Å². The number of carbonyl (C=O) groups excluding carboxylic acids is 7. The number of aryl methyl sites for hydroxylation is 5. The third-order valence-corrected chi connectivity index (χ3v) is 17.6. The standard InChI is InChI=1S/C13H16N4S.C13H19N3O.C10H14N2O.C7H9BrO2.C7H8N2O.C7H10O2.C6H8O2.C5H13NO2.C3H7I.C2H6N2S.C2H3N.3CH3F.CH4N2.CH4O.BHNS.6ClH.Ti/c1-8(2)17-7-15-10-4-3-9-5-14-11(6-18)16-12(9)13(10)17;1-9(2)16-8-14-11-6-5-10(7-15(3)4)13(17)12(11)16;1-7(2)12-6-11-8-4-3-5-9(13)10(8)12;1-10-6-4-2-3-5(9)7(6)8;10-6-3-1-2-5-7(6)9-4-8-5;1-9-7-4-2-3-6(8)5-7;7-5-2-1-3-6(8)4-5;1-6(2)5(7-3)8-4;1-3(2)4;1-5-2(3)4;1-2-3;3*1-2;2-1-3;1-2;1-2-3;;;;;;;/h5,7-8,18H,3-4,6H2,1-2H3;7-9H,5-6H2,1-4H3;6-7H,3-5H2,1-2H3;2-4H2,1H3;4H,1-3H2,(H,8,9);5H,2-4H2,1H3;1-4H2;5H,1-4H3;3H,1-2H3;1H3,(H3,3,4);1H3;3*1H3;1H,(H3,2,3);2H,1H3;3H;6*1H;/q;;;;;;;;;;;;;;;;;;;;;;;+4/p-4/b;10-7-;;;;;;;;;;;;;;;;;;;;;;/i;;;;;;;;;;;3*1D;;;;;;;;;;. The van der Waals surface area contributed by atoms with Crippen molar-refractivity contribution in [1.82, 2.24) is 58.4 Å². The molecular formula is C80H133BBrCl6F3IN18O12S3Ti. The molecule has 12 rings (SSSR count). The number of aromatic nitrogens is 10. The van der Waals surface area contributed by atoms with Gasteiger partial charge in [0.15, 0.2) is 28.3 Å². The number of nitrogens with zero attached hydrogens (tertiary/aromatic N) is 13. The Bertz CT molecular complexity index is 4090. The average molecular weight is 2170 g/mol. The molecule has 1 radical (unpaired) electrons. The van der Waals surface area contributed by atoms with Crippen molar-refractivity contribution in [3.05, 3.63) is 117 Å². The Morgan fingerprint density at radius 1 is 0.722 bits per heavy atom.